The maximum absolute atomic E-state index is 5.99. The molecule has 0 aromatic carbocycles. The van der Waals surface area contributed by atoms with Gasteiger partial charge in [0.15, 0.2) is 0 Å². The van der Waals surface area contributed by atoms with Crippen molar-refractivity contribution in [3.63, 3.8) is 0 Å². The van der Waals surface area contributed by atoms with Gasteiger partial charge in [0, 0.05) is 30.2 Å². The minimum atomic E-state index is 0.690. The first-order valence-electron chi connectivity index (χ1n) is 5.82. The Morgan fingerprint density at radius 1 is 1.06 bits per heavy atom. The molecule has 0 bridgehead atoms. The summed E-state index contributed by atoms with van der Waals surface area (Å²) in [6.07, 6.45) is 3.82. The highest BCUT2D eigenvalue weighted by atomic mass is 32.2. The molecule has 1 aromatic heterocycles. The Hall–Kier alpha value is -0.970. The van der Waals surface area contributed by atoms with Crippen LogP contribution in [-0.4, -0.2) is 23.1 Å². The van der Waals surface area contributed by atoms with E-state index in [-0.39, 0.29) is 0 Å². The molecule has 0 radical (unpaired) electrons. The van der Waals surface area contributed by atoms with Gasteiger partial charge in [-0.05, 0) is 19.3 Å². The molecule has 0 spiro atoms. The molecule has 1 aromatic rings. The van der Waals surface area contributed by atoms with Gasteiger partial charge >= 0.3 is 0 Å². The molecule has 16 heavy (non-hydrogen) atoms. The molecule has 3 rings (SSSR count). The van der Waals surface area contributed by atoms with Crippen LogP contribution in [0.2, 0.25) is 0 Å². The van der Waals surface area contributed by atoms with Crippen molar-refractivity contribution in [2.45, 2.75) is 30.8 Å². The van der Waals surface area contributed by atoms with Crippen molar-refractivity contribution in [2.24, 2.45) is 0 Å². The Kier molecular flexibility index (Phi) is 2.63. The van der Waals surface area contributed by atoms with Crippen molar-refractivity contribution < 1.29 is 0 Å². The van der Waals surface area contributed by atoms with Crippen LogP contribution < -0.4 is 10.6 Å². The van der Waals surface area contributed by atoms with E-state index in [1.807, 2.05) is 11.8 Å². The average molecular weight is 236 g/mol. The number of piperidine rings is 1. The van der Waals surface area contributed by atoms with Crippen LogP contribution >= 0.6 is 11.8 Å². The van der Waals surface area contributed by atoms with Gasteiger partial charge in [-0.15, -0.1) is 0 Å². The van der Waals surface area contributed by atoms with Crippen molar-refractivity contribution in [2.75, 3.05) is 23.7 Å². The number of hydrogen-bond donors (Lipinski definition) is 1. The summed E-state index contributed by atoms with van der Waals surface area (Å²) in [4.78, 5) is 11.4. The summed E-state index contributed by atoms with van der Waals surface area (Å²) >= 11 is 1.87. The summed E-state index contributed by atoms with van der Waals surface area (Å²) in [6.45, 7) is 2.15. The van der Waals surface area contributed by atoms with Gasteiger partial charge < -0.3 is 10.6 Å². The number of hydrogen-bond acceptors (Lipinski definition) is 5. The minimum Gasteiger partial charge on any atom is -0.383 e. The quantitative estimate of drug-likeness (QED) is 0.805. The fraction of sp³-hybridized carbons (Fsp3) is 0.636. The molecule has 0 atom stereocenters. The number of nitrogen functional groups attached to an aromatic ring is 1. The second-order valence-corrected chi connectivity index (χ2v) is 5.36. The van der Waals surface area contributed by atoms with Crippen LogP contribution in [-0.2, 0) is 11.5 Å². The lowest BCUT2D eigenvalue weighted by Gasteiger charge is -2.27. The van der Waals surface area contributed by atoms with Crippen molar-refractivity contribution in [3.05, 3.63) is 11.3 Å². The minimum absolute atomic E-state index is 0.690. The van der Waals surface area contributed by atoms with Crippen molar-refractivity contribution >= 4 is 23.5 Å². The van der Waals surface area contributed by atoms with E-state index in [4.69, 9.17) is 5.73 Å². The summed E-state index contributed by atoms with van der Waals surface area (Å²) in [7, 11) is 0. The summed E-state index contributed by atoms with van der Waals surface area (Å²) in [6, 6.07) is 0. The highest BCUT2D eigenvalue weighted by Crippen LogP contribution is 2.33. The van der Waals surface area contributed by atoms with E-state index in [1.165, 1.54) is 19.3 Å². The van der Waals surface area contributed by atoms with E-state index >= 15 is 0 Å². The van der Waals surface area contributed by atoms with Crippen LogP contribution in [0.4, 0.5) is 11.8 Å². The zero-order valence-corrected chi connectivity index (χ0v) is 10.1. The van der Waals surface area contributed by atoms with Gasteiger partial charge in [-0.25, -0.2) is 4.98 Å². The van der Waals surface area contributed by atoms with Crippen LogP contribution in [0.5, 0.6) is 0 Å². The average Bonchev–Trinajstić information content (AvgIpc) is 2.79. The highest BCUT2D eigenvalue weighted by Gasteiger charge is 2.21. The van der Waals surface area contributed by atoms with Gasteiger partial charge in [-0.1, -0.05) is 0 Å². The van der Waals surface area contributed by atoms with E-state index in [2.05, 4.69) is 14.9 Å². The molecular weight excluding hydrogens is 220 g/mol. The number of thioether (sulfide) groups is 1. The Balaban J connectivity index is 1.92. The SMILES string of the molecule is Nc1nc(N2CCCCC2)nc2c1CSC2. The second-order valence-electron chi connectivity index (χ2n) is 4.37. The van der Waals surface area contributed by atoms with E-state index in [9.17, 15) is 0 Å². The fourth-order valence-corrected chi connectivity index (χ4v) is 3.35. The number of anilines is 2. The number of fused-ring (bicyclic) bond motifs is 1. The van der Waals surface area contributed by atoms with Gasteiger partial charge in [-0.3, -0.25) is 0 Å². The van der Waals surface area contributed by atoms with Gasteiger partial charge in [0.05, 0.1) is 5.69 Å². The summed E-state index contributed by atoms with van der Waals surface area (Å²) < 4.78 is 0. The van der Waals surface area contributed by atoms with Crippen LogP contribution in [0.1, 0.15) is 30.5 Å². The third kappa shape index (κ3) is 1.73. The highest BCUT2D eigenvalue weighted by molar-refractivity contribution is 7.98. The molecule has 0 saturated carbocycles. The van der Waals surface area contributed by atoms with Crippen LogP contribution in [0.3, 0.4) is 0 Å². The molecule has 0 amide bonds. The van der Waals surface area contributed by atoms with Gasteiger partial charge in [0.25, 0.3) is 0 Å². The van der Waals surface area contributed by atoms with Crippen molar-refractivity contribution in [1.29, 1.82) is 0 Å². The van der Waals surface area contributed by atoms with Gasteiger partial charge in [-0.2, -0.15) is 16.7 Å². The fourth-order valence-electron chi connectivity index (χ4n) is 2.30. The molecule has 86 valence electrons. The Morgan fingerprint density at radius 2 is 1.88 bits per heavy atom. The molecular formula is C11H16N4S. The molecule has 1 fully saturated rings. The molecule has 4 nitrogen and oxygen atoms in total. The zero-order chi connectivity index (χ0) is 11.0. The molecule has 0 aliphatic carbocycles. The van der Waals surface area contributed by atoms with E-state index in [1.54, 1.807) is 0 Å². The summed E-state index contributed by atoms with van der Waals surface area (Å²) in [5.74, 6) is 3.50. The summed E-state index contributed by atoms with van der Waals surface area (Å²) in [5, 5.41) is 0. The molecule has 1 saturated heterocycles. The van der Waals surface area contributed by atoms with Crippen LogP contribution in [0.25, 0.3) is 0 Å². The Morgan fingerprint density at radius 3 is 2.69 bits per heavy atom. The van der Waals surface area contributed by atoms with Crippen molar-refractivity contribution in [3.8, 4) is 0 Å². The number of aromatic nitrogens is 2. The van der Waals surface area contributed by atoms with E-state index in [0.717, 1.165) is 41.8 Å². The molecule has 2 aliphatic heterocycles. The Bertz CT molecular complexity index is 401. The predicted molar refractivity (Wildman–Crippen MR) is 67.5 cm³/mol. The largest absolute Gasteiger partial charge is 0.383 e. The van der Waals surface area contributed by atoms with Gasteiger partial charge in [0.1, 0.15) is 5.82 Å². The lowest BCUT2D eigenvalue weighted by Crippen LogP contribution is -2.31. The standard InChI is InChI=1S/C11H16N4S/c12-10-8-6-16-7-9(8)13-11(14-10)15-4-2-1-3-5-15/h1-7H2,(H2,12,13,14). The van der Waals surface area contributed by atoms with Gasteiger partial charge in [0.2, 0.25) is 5.95 Å². The first-order chi connectivity index (χ1) is 7.84. The van der Waals surface area contributed by atoms with E-state index in [0.29, 0.717) is 5.82 Å². The molecule has 2 N–H and O–H groups in total. The lowest BCUT2D eigenvalue weighted by molar-refractivity contribution is 0.568. The third-order valence-corrected chi connectivity index (χ3v) is 4.21. The predicted octanol–water partition coefficient (Wildman–Crippen LogP) is 1.80. The topological polar surface area (TPSA) is 55.0 Å². The Labute approximate surface area is 99.6 Å². The number of rotatable bonds is 1. The monoisotopic (exact) mass is 236 g/mol. The van der Waals surface area contributed by atoms with Crippen LogP contribution in [0, 0.1) is 0 Å². The number of nitrogens with zero attached hydrogens (tertiary/aromatic N) is 3. The smallest absolute Gasteiger partial charge is 0.227 e. The molecule has 3 heterocycles. The molecule has 5 heteroatoms. The summed E-state index contributed by atoms with van der Waals surface area (Å²) in [5.41, 5.74) is 8.30. The zero-order valence-electron chi connectivity index (χ0n) is 9.28. The normalized spacial score (nSPS) is 19.9. The lowest BCUT2D eigenvalue weighted by atomic mass is 10.1. The first-order valence-corrected chi connectivity index (χ1v) is 6.98. The third-order valence-electron chi connectivity index (χ3n) is 3.24. The second kappa shape index (κ2) is 4.13. The van der Waals surface area contributed by atoms with E-state index < -0.39 is 0 Å². The maximum Gasteiger partial charge on any atom is 0.227 e. The van der Waals surface area contributed by atoms with Crippen molar-refractivity contribution in [1.82, 2.24) is 9.97 Å². The first kappa shape index (κ1) is 10.2. The maximum atomic E-state index is 5.99. The van der Waals surface area contributed by atoms with Crippen LogP contribution in [0.15, 0.2) is 0 Å². The number of nitrogens with two attached hydrogens (primary N) is 1. The molecule has 0 unspecified atom stereocenters. The molecule has 2 aliphatic rings.